The number of carbonyl (C=O) groups is 3. The normalized spacial score (nSPS) is 19.1. The highest BCUT2D eigenvalue weighted by Crippen LogP contribution is 2.34. The molecule has 2 aromatic heterocycles. The Kier molecular flexibility index (Phi) is 6.26. The fourth-order valence-electron chi connectivity index (χ4n) is 4.09. The van der Waals surface area contributed by atoms with Crippen LogP contribution in [0.25, 0.3) is 0 Å². The zero-order chi connectivity index (χ0) is 22.7. The Morgan fingerprint density at radius 2 is 1.91 bits per heavy atom. The summed E-state index contributed by atoms with van der Waals surface area (Å²) >= 11 is 0. The van der Waals surface area contributed by atoms with Crippen LogP contribution in [0.4, 0.5) is 5.82 Å². The van der Waals surface area contributed by atoms with Crippen molar-refractivity contribution in [2.45, 2.75) is 25.3 Å². The lowest BCUT2D eigenvalue weighted by molar-refractivity contribution is -0.182. The number of hydroxylamine groups is 2. The van der Waals surface area contributed by atoms with E-state index < -0.39 is 5.91 Å². The second kappa shape index (κ2) is 9.27. The van der Waals surface area contributed by atoms with Gasteiger partial charge in [0.1, 0.15) is 17.8 Å². The summed E-state index contributed by atoms with van der Waals surface area (Å²) in [4.78, 5) is 56.5. The number of hydrogen-bond acceptors (Lipinski definition) is 8. The van der Waals surface area contributed by atoms with Gasteiger partial charge in [-0.05, 0) is 24.5 Å². The zero-order valence-corrected chi connectivity index (χ0v) is 17.7. The van der Waals surface area contributed by atoms with Crippen molar-refractivity contribution in [3.8, 4) is 0 Å². The maximum Gasteiger partial charge on any atom is 0.267 e. The van der Waals surface area contributed by atoms with Crippen molar-refractivity contribution in [3.05, 3.63) is 47.7 Å². The van der Waals surface area contributed by atoms with E-state index in [0.717, 1.165) is 5.56 Å². The molecule has 1 atom stereocenters. The quantitative estimate of drug-likeness (QED) is 0.683. The van der Waals surface area contributed by atoms with E-state index in [1.54, 1.807) is 25.4 Å². The van der Waals surface area contributed by atoms with Gasteiger partial charge >= 0.3 is 0 Å². The summed E-state index contributed by atoms with van der Waals surface area (Å²) < 4.78 is 0. The van der Waals surface area contributed by atoms with Crippen molar-refractivity contribution < 1.29 is 19.2 Å². The number of carbonyl (C=O) groups excluding carboxylic acids is 3. The Hall–Kier alpha value is -3.60. The molecule has 2 aromatic rings. The minimum Gasteiger partial charge on any atom is -0.364 e. The molecule has 2 aliphatic rings. The van der Waals surface area contributed by atoms with Gasteiger partial charge in [0, 0.05) is 50.9 Å². The minimum atomic E-state index is -0.606. The third kappa shape index (κ3) is 4.37. The smallest absolute Gasteiger partial charge is 0.267 e. The van der Waals surface area contributed by atoms with Gasteiger partial charge in [-0.3, -0.25) is 24.2 Å². The second-order valence-electron chi connectivity index (χ2n) is 7.77. The van der Waals surface area contributed by atoms with Crippen molar-refractivity contribution >= 4 is 23.5 Å². The number of nitrogens with zero attached hydrogens (tertiary/aromatic N) is 5. The highest BCUT2D eigenvalue weighted by molar-refractivity contribution is 5.94. The molecule has 0 bridgehead atoms. The van der Waals surface area contributed by atoms with Crippen molar-refractivity contribution in [2.75, 3.05) is 31.6 Å². The zero-order valence-electron chi connectivity index (χ0n) is 17.7. The maximum atomic E-state index is 13.2. The molecule has 0 radical (unpaired) electrons. The lowest BCUT2D eigenvalue weighted by atomic mass is 9.94. The first-order valence-electron chi connectivity index (χ1n) is 10.5. The first kappa shape index (κ1) is 21.6. The van der Waals surface area contributed by atoms with Gasteiger partial charge in [0.15, 0.2) is 0 Å². The molecule has 11 heteroatoms. The molecule has 4 rings (SSSR count). The maximum absolute atomic E-state index is 13.2. The largest absolute Gasteiger partial charge is 0.364 e. The van der Waals surface area contributed by atoms with E-state index in [1.165, 1.54) is 17.6 Å². The van der Waals surface area contributed by atoms with Crippen molar-refractivity contribution in [2.24, 2.45) is 11.7 Å². The van der Waals surface area contributed by atoms with E-state index in [2.05, 4.69) is 20.3 Å². The van der Waals surface area contributed by atoms with Crippen LogP contribution in [0, 0.1) is 5.92 Å². The fraction of sp³-hybridized carbons (Fsp3) is 0.429. The second-order valence-corrected chi connectivity index (χ2v) is 7.77. The third-order valence-electron chi connectivity index (χ3n) is 5.83. The molecule has 2 fully saturated rings. The Balaban J connectivity index is 1.42. The summed E-state index contributed by atoms with van der Waals surface area (Å²) in [5, 5.41) is 4.03. The van der Waals surface area contributed by atoms with Gasteiger partial charge in [0.2, 0.25) is 5.91 Å². The number of primary amides is 1. The topological polar surface area (TPSA) is 144 Å². The van der Waals surface area contributed by atoms with Crippen molar-refractivity contribution in [1.82, 2.24) is 25.3 Å². The van der Waals surface area contributed by atoms with E-state index >= 15 is 0 Å². The van der Waals surface area contributed by atoms with Gasteiger partial charge in [-0.15, -0.1) is 0 Å². The molecule has 0 saturated carbocycles. The highest BCUT2D eigenvalue weighted by atomic mass is 16.7. The number of anilines is 1. The predicted octanol–water partition coefficient (Wildman–Crippen LogP) is 0.452. The first-order chi connectivity index (χ1) is 15.5. The molecule has 3 N–H and O–H groups in total. The van der Waals surface area contributed by atoms with Crippen LogP contribution in [0.3, 0.4) is 0 Å². The molecule has 2 saturated heterocycles. The average Bonchev–Trinajstić information content (AvgIpc) is 3.33. The van der Waals surface area contributed by atoms with Crippen LogP contribution in [0.2, 0.25) is 0 Å². The molecule has 168 valence electrons. The van der Waals surface area contributed by atoms with E-state index in [-0.39, 0.29) is 29.5 Å². The van der Waals surface area contributed by atoms with Crippen LogP contribution in [-0.4, -0.2) is 64.5 Å². The number of amides is 3. The standard InChI is InChI=1S/C21H25N7O4/c1-23-20(30)15-8-14(10-24-11-15)17-4-7-32-28(17)21(31)13-2-5-27(6-3-13)18-9-16(19(22)29)25-12-26-18/h8-13,17H,2-7H2,1H3,(H2,22,29)(H,23,30). The number of rotatable bonds is 5. The van der Waals surface area contributed by atoms with Crippen LogP contribution >= 0.6 is 0 Å². The number of hydrogen-bond donors (Lipinski definition) is 2. The summed E-state index contributed by atoms with van der Waals surface area (Å²) in [7, 11) is 1.56. The number of nitrogens with two attached hydrogens (primary N) is 1. The summed E-state index contributed by atoms with van der Waals surface area (Å²) in [6.45, 7) is 1.64. The third-order valence-corrected chi connectivity index (χ3v) is 5.83. The SMILES string of the molecule is CNC(=O)c1cncc(C2CCON2C(=O)C2CCN(c3cc(C(N)=O)ncn3)CC2)c1. The van der Waals surface area contributed by atoms with Crippen molar-refractivity contribution in [1.29, 1.82) is 0 Å². The van der Waals surface area contributed by atoms with Gasteiger partial charge in [0.05, 0.1) is 18.2 Å². The summed E-state index contributed by atoms with van der Waals surface area (Å²) in [5.74, 6) is -0.483. The van der Waals surface area contributed by atoms with Crippen LogP contribution in [0.1, 0.15) is 51.7 Å². The van der Waals surface area contributed by atoms with Crippen LogP contribution in [0.5, 0.6) is 0 Å². The molecular weight excluding hydrogens is 414 g/mol. The van der Waals surface area contributed by atoms with E-state index in [4.69, 9.17) is 10.6 Å². The average molecular weight is 439 g/mol. The molecule has 1 unspecified atom stereocenters. The number of aromatic nitrogens is 3. The molecule has 11 nitrogen and oxygen atoms in total. The number of pyridine rings is 1. The Morgan fingerprint density at radius 3 is 2.62 bits per heavy atom. The summed E-state index contributed by atoms with van der Waals surface area (Å²) in [5.41, 5.74) is 6.68. The molecule has 0 spiro atoms. The molecule has 0 aromatic carbocycles. The molecule has 4 heterocycles. The highest BCUT2D eigenvalue weighted by Gasteiger charge is 2.37. The number of nitrogens with one attached hydrogen (secondary N) is 1. The van der Waals surface area contributed by atoms with Gasteiger partial charge in [0.25, 0.3) is 11.8 Å². The lowest BCUT2D eigenvalue weighted by Crippen LogP contribution is -2.42. The Morgan fingerprint density at radius 1 is 1.12 bits per heavy atom. The molecule has 32 heavy (non-hydrogen) atoms. The number of piperidine rings is 1. The summed E-state index contributed by atoms with van der Waals surface area (Å²) in [6, 6.07) is 3.04. The van der Waals surface area contributed by atoms with E-state index in [1.807, 2.05) is 4.90 Å². The van der Waals surface area contributed by atoms with Crippen molar-refractivity contribution in [3.63, 3.8) is 0 Å². The summed E-state index contributed by atoms with van der Waals surface area (Å²) in [6.07, 6.45) is 6.36. The Bertz CT molecular complexity index is 1020. The van der Waals surface area contributed by atoms with Gasteiger partial charge < -0.3 is 16.0 Å². The van der Waals surface area contributed by atoms with Gasteiger partial charge in [-0.2, -0.15) is 0 Å². The predicted molar refractivity (Wildman–Crippen MR) is 113 cm³/mol. The van der Waals surface area contributed by atoms with Crippen LogP contribution < -0.4 is 16.0 Å². The fourth-order valence-corrected chi connectivity index (χ4v) is 4.09. The molecule has 2 aliphatic heterocycles. The first-order valence-corrected chi connectivity index (χ1v) is 10.5. The van der Waals surface area contributed by atoms with Crippen LogP contribution in [0.15, 0.2) is 30.9 Å². The molecule has 3 amide bonds. The van der Waals surface area contributed by atoms with Gasteiger partial charge in [-0.25, -0.2) is 15.0 Å². The lowest BCUT2D eigenvalue weighted by Gasteiger charge is -2.34. The Labute approximate surface area is 184 Å². The van der Waals surface area contributed by atoms with E-state index in [9.17, 15) is 14.4 Å². The molecule has 0 aliphatic carbocycles. The van der Waals surface area contributed by atoms with Crippen LogP contribution in [-0.2, 0) is 9.63 Å². The van der Waals surface area contributed by atoms with E-state index in [0.29, 0.717) is 50.3 Å². The monoisotopic (exact) mass is 439 g/mol. The minimum absolute atomic E-state index is 0.0713. The van der Waals surface area contributed by atoms with Gasteiger partial charge in [-0.1, -0.05) is 0 Å². The molecular formula is C21H25N7O4.